The van der Waals surface area contributed by atoms with Crippen LogP contribution in [-0.2, 0) is 6.54 Å². The molecule has 0 bridgehead atoms. The van der Waals surface area contributed by atoms with Crippen molar-refractivity contribution in [1.82, 2.24) is 20.2 Å². The molecule has 0 aliphatic carbocycles. The Kier molecular flexibility index (Phi) is 2.66. The molecular formula is C10H8ClN5S. The second kappa shape index (κ2) is 4.31. The highest BCUT2D eigenvalue weighted by atomic mass is 35.5. The maximum atomic E-state index is 6.01. The van der Waals surface area contributed by atoms with E-state index in [1.807, 2.05) is 11.4 Å². The van der Waals surface area contributed by atoms with Gasteiger partial charge >= 0.3 is 0 Å². The van der Waals surface area contributed by atoms with Crippen LogP contribution in [0.1, 0.15) is 5.56 Å². The fourth-order valence-electron chi connectivity index (χ4n) is 1.45. The lowest BCUT2D eigenvalue weighted by molar-refractivity contribution is 1.07. The quantitative estimate of drug-likeness (QED) is 0.764. The van der Waals surface area contributed by atoms with Crippen LogP contribution in [0.5, 0.6) is 0 Å². The summed E-state index contributed by atoms with van der Waals surface area (Å²) in [5, 5.41) is 11.8. The number of aromatic amines is 1. The van der Waals surface area contributed by atoms with E-state index in [4.69, 9.17) is 11.6 Å². The normalized spacial score (nSPS) is 10.9. The van der Waals surface area contributed by atoms with Crippen LogP contribution in [0, 0.1) is 0 Å². The monoisotopic (exact) mass is 265 g/mol. The average molecular weight is 266 g/mol. The van der Waals surface area contributed by atoms with Gasteiger partial charge in [0.15, 0.2) is 0 Å². The van der Waals surface area contributed by atoms with Crippen molar-refractivity contribution >= 4 is 39.9 Å². The number of thiophene rings is 1. The van der Waals surface area contributed by atoms with Gasteiger partial charge in [0.1, 0.15) is 11.0 Å². The summed E-state index contributed by atoms with van der Waals surface area (Å²) < 4.78 is 0.793. The highest BCUT2D eigenvalue weighted by Gasteiger charge is 2.04. The molecule has 5 nitrogen and oxygen atoms in total. The molecule has 0 amide bonds. The Hall–Kier alpha value is -1.66. The molecule has 0 saturated heterocycles. The number of fused-ring (bicyclic) bond motifs is 1. The fourth-order valence-corrected chi connectivity index (χ4v) is 2.37. The number of halogens is 1. The Morgan fingerprint density at radius 1 is 1.41 bits per heavy atom. The van der Waals surface area contributed by atoms with Crippen molar-refractivity contribution in [3.8, 4) is 0 Å². The Bertz CT molecular complexity index is 647. The molecule has 3 aromatic heterocycles. The molecule has 0 saturated carbocycles. The Balaban J connectivity index is 1.78. The predicted molar refractivity (Wildman–Crippen MR) is 68.3 cm³/mol. The van der Waals surface area contributed by atoms with Gasteiger partial charge in [0, 0.05) is 12.1 Å². The van der Waals surface area contributed by atoms with E-state index in [0.29, 0.717) is 12.5 Å². The average Bonchev–Trinajstić information content (AvgIpc) is 2.94. The van der Waals surface area contributed by atoms with E-state index in [9.17, 15) is 0 Å². The van der Waals surface area contributed by atoms with E-state index in [-0.39, 0.29) is 0 Å². The maximum Gasteiger partial charge on any atom is 0.223 e. The summed E-state index contributed by atoms with van der Waals surface area (Å²) in [6.07, 6.45) is 3.37. The van der Waals surface area contributed by atoms with E-state index in [0.717, 1.165) is 20.9 Å². The van der Waals surface area contributed by atoms with Gasteiger partial charge in [0.05, 0.1) is 16.7 Å². The SMILES string of the molecule is Clc1sccc1CNc1ncc2[nH]ncc2n1. The largest absolute Gasteiger partial charge is 0.350 e. The molecule has 3 rings (SSSR count). The molecule has 0 unspecified atom stereocenters. The van der Waals surface area contributed by atoms with Gasteiger partial charge < -0.3 is 5.32 Å². The van der Waals surface area contributed by atoms with Gasteiger partial charge in [-0.1, -0.05) is 11.6 Å². The number of anilines is 1. The molecule has 0 aliphatic heterocycles. The molecule has 2 N–H and O–H groups in total. The molecule has 0 fully saturated rings. The van der Waals surface area contributed by atoms with Crippen molar-refractivity contribution in [1.29, 1.82) is 0 Å². The smallest absolute Gasteiger partial charge is 0.223 e. The molecule has 3 heterocycles. The zero-order valence-corrected chi connectivity index (χ0v) is 10.2. The van der Waals surface area contributed by atoms with E-state index < -0.39 is 0 Å². The third-order valence-electron chi connectivity index (χ3n) is 2.32. The first-order valence-corrected chi connectivity index (χ1v) is 6.20. The van der Waals surface area contributed by atoms with Crippen LogP contribution in [0.25, 0.3) is 11.0 Å². The molecule has 17 heavy (non-hydrogen) atoms. The van der Waals surface area contributed by atoms with Crippen LogP contribution in [0.3, 0.4) is 0 Å². The minimum Gasteiger partial charge on any atom is -0.350 e. The van der Waals surface area contributed by atoms with Gasteiger partial charge in [-0.15, -0.1) is 11.3 Å². The Morgan fingerprint density at radius 3 is 3.18 bits per heavy atom. The maximum absolute atomic E-state index is 6.01. The standard InChI is InChI=1S/C10H8ClN5S/c11-9-6(1-2-17-9)3-12-10-13-4-8-7(15-10)5-14-16-8/h1-2,4-5H,3H2,(H,14,16)(H,12,13,15). The Morgan fingerprint density at radius 2 is 2.35 bits per heavy atom. The molecule has 0 atom stereocenters. The van der Waals surface area contributed by atoms with Gasteiger partial charge in [-0.3, -0.25) is 5.10 Å². The molecule has 0 spiro atoms. The lowest BCUT2D eigenvalue weighted by Crippen LogP contribution is -2.02. The van der Waals surface area contributed by atoms with Crippen LogP contribution >= 0.6 is 22.9 Å². The zero-order valence-electron chi connectivity index (χ0n) is 8.64. The summed E-state index contributed by atoms with van der Waals surface area (Å²) in [6.45, 7) is 0.617. The van der Waals surface area contributed by atoms with Crippen LogP contribution < -0.4 is 5.32 Å². The number of nitrogens with zero attached hydrogens (tertiary/aromatic N) is 3. The van der Waals surface area contributed by atoms with Gasteiger partial charge in [0.2, 0.25) is 5.95 Å². The first kappa shape index (κ1) is 10.5. The second-order valence-corrected chi connectivity index (χ2v) is 4.95. The van der Waals surface area contributed by atoms with Gasteiger partial charge in [-0.2, -0.15) is 5.10 Å². The zero-order chi connectivity index (χ0) is 11.7. The summed E-state index contributed by atoms with van der Waals surface area (Å²) in [5.41, 5.74) is 2.66. The summed E-state index contributed by atoms with van der Waals surface area (Å²) in [5.74, 6) is 0.571. The molecule has 3 aromatic rings. The second-order valence-electron chi connectivity index (χ2n) is 3.44. The van der Waals surface area contributed by atoms with Crippen molar-refractivity contribution in [3.05, 3.63) is 33.7 Å². The minimum absolute atomic E-state index is 0.571. The summed E-state index contributed by atoms with van der Waals surface area (Å²) in [6, 6.07) is 1.98. The molecule has 7 heteroatoms. The highest BCUT2D eigenvalue weighted by molar-refractivity contribution is 7.14. The number of nitrogens with one attached hydrogen (secondary N) is 2. The summed E-state index contributed by atoms with van der Waals surface area (Å²) in [7, 11) is 0. The van der Waals surface area contributed by atoms with Crippen LogP contribution in [0.2, 0.25) is 4.34 Å². The van der Waals surface area contributed by atoms with Crippen molar-refractivity contribution in [2.24, 2.45) is 0 Å². The number of aromatic nitrogens is 4. The fraction of sp³-hybridized carbons (Fsp3) is 0.100. The lowest BCUT2D eigenvalue weighted by Gasteiger charge is -2.03. The van der Waals surface area contributed by atoms with Crippen LogP contribution in [0.15, 0.2) is 23.8 Å². The molecule has 0 aliphatic rings. The minimum atomic E-state index is 0.571. The van der Waals surface area contributed by atoms with Crippen molar-refractivity contribution in [2.75, 3.05) is 5.32 Å². The van der Waals surface area contributed by atoms with Gasteiger partial charge in [0.25, 0.3) is 0 Å². The van der Waals surface area contributed by atoms with E-state index >= 15 is 0 Å². The van der Waals surface area contributed by atoms with Crippen molar-refractivity contribution < 1.29 is 0 Å². The van der Waals surface area contributed by atoms with E-state index in [2.05, 4.69) is 25.5 Å². The third-order valence-corrected chi connectivity index (χ3v) is 3.57. The van der Waals surface area contributed by atoms with Crippen molar-refractivity contribution in [3.63, 3.8) is 0 Å². The van der Waals surface area contributed by atoms with Crippen LogP contribution in [0.4, 0.5) is 5.95 Å². The van der Waals surface area contributed by atoms with E-state index in [1.165, 1.54) is 11.3 Å². The molecule has 86 valence electrons. The third kappa shape index (κ3) is 2.09. The number of H-pyrrole nitrogens is 1. The topological polar surface area (TPSA) is 66.5 Å². The van der Waals surface area contributed by atoms with Gasteiger partial charge in [-0.05, 0) is 11.4 Å². The molecule has 0 radical (unpaired) electrons. The predicted octanol–water partition coefficient (Wildman–Crippen LogP) is 2.68. The number of rotatable bonds is 3. The van der Waals surface area contributed by atoms with Crippen LogP contribution in [-0.4, -0.2) is 20.2 Å². The first-order chi connectivity index (χ1) is 8.33. The first-order valence-electron chi connectivity index (χ1n) is 4.95. The number of hydrogen-bond acceptors (Lipinski definition) is 5. The lowest BCUT2D eigenvalue weighted by atomic mass is 10.3. The molecular weight excluding hydrogens is 258 g/mol. The summed E-state index contributed by atoms with van der Waals surface area (Å²) in [4.78, 5) is 8.48. The highest BCUT2D eigenvalue weighted by Crippen LogP contribution is 2.23. The molecule has 0 aromatic carbocycles. The number of hydrogen-bond donors (Lipinski definition) is 2. The van der Waals surface area contributed by atoms with Crippen molar-refractivity contribution in [2.45, 2.75) is 6.54 Å². The summed E-state index contributed by atoms with van der Waals surface area (Å²) >= 11 is 7.52. The Labute approximate surface area is 106 Å². The van der Waals surface area contributed by atoms with E-state index in [1.54, 1.807) is 12.4 Å². The van der Waals surface area contributed by atoms with Gasteiger partial charge in [-0.25, -0.2) is 9.97 Å².